The lowest BCUT2D eigenvalue weighted by molar-refractivity contribution is 0.102. The molecule has 0 fully saturated rings. The fourth-order valence-corrected chi connectivity index (χ4v) is 4.40. The van der Waals surface area contributed by atoms with Crippen LogP contribution in [0.5, 0.6) is 17.2 Å². The van der Waals surface area contributed by atoms with Crippen LogP contribution in [-0.2, 0) is 13.0 Å². The number of ether oxygens (including phenoxy) is 3. The van der Waals surface area contributed by atoms with Crippen molar-refractivity contribution in [2.24, 2.45) is 0 Å². The molecule has 142 valence electrons. The molecule has 1 aromatic carbocycles. The number of nitriles is 1. The summed E-state index contributed by atoms with van der Waals surface area (Å²) >= 11 is 1.46. The Bertz CT molecular complexity index is 891. The second-order valence-electron chi connectivity index (χ2n) is 6.18. The molecule has 1 aliphatic rings. The average molecular weight is 387 g/mol. The number of benzene rings is 1. The van der Waals surface area contributed by atoms with E-state index in [1.807, 2.05) is 7.05 Å². The summed E-state index contributed by atoms with van der Waals surface area (Å²) in [5, 5.41) is 13.0. The summed E-state index contributed by atoms with van der Waals surface area (Å²) in [6.45, 7) is 1.69. The predicted octanol–water partition coefficient (Wildman–Crippen LogP) is 2.89. The number of amides is 1. The van der Waals surface area contributed by atoms with Gasteiger partial charge >= 0.3 is 0 Å². The van der Waals surface area contributed by atoms with E-state index in [-0.39, 0.29) is 5.91 Å². The first kappa shape index (κ1) is 19.0. The molecule has 0 bridgehead atoms. The van der Waals surface area contributed by atoms with E-state index in [0.717, 1.165) is 30.0 Å². The van der Waals surface area contributed by atoms with Crippen molar-refractivity contribution in [3.8, 4) is 23.3 Å². The van der Waals surface area contributed by atoms with Gasteiger partial charge < -0.3 is 24.4 Å². The topological polar surface area (TPSA) is 83.8 Å². The van der Waals surface area contributed by atoms with Gasteiger partial charge in [-0.15, -0.1) is 11.3 Å². The van der Waals surface area contributed by atoms with Gasteiger partial charge in [-0.3, -0.25) is 4.79 Å². The molecule has 7 nitrogen and oxygen atoms in total. The Morgan fingerprint density at radius 3 is 2.44 bits per heavy atom. The molecule has 27 heavy (non-hydrogen) atoms. The van der Waals surface area contributed by atoms with Crippen molar-refractivity contribution in [3.63, 3.8) is 0 Å². The molecule has 1 N–H and O–H groups in total. The Labute approximate surface area is 162 Å². The summed E-state index contributed by atoms with van der Waals surface area (Å²) in [5.74, 6) is 0.880. The van der Waals surface area contributed by atoms with E-state index >= 15 is 0 Å². The highest BCUT2D eigenvalue weighted by Crippen LogP contribution is 2.39. The van der Waals surface area contributed by atoms with Crippen LogP contribution in [0.4, 0.5) is 5.00 Å². The van der Waals surface area contributed by atoms with Gasteiger partial charge in [-0.1, -0.05) is 0 Å². The Hall–Kier alpha value is -2.76. The van der Waals surface area contributed by atoms with E-state index < -0.39 is 0 Å². The summed E-state index contributed by atoms with van der Waals surface area (Å²) in [5.41, 5.74) is 1.96. The smallest absolute Gasteiger partial charge is 0.256 e. The number of fused-ring (bicyclic) bond motifs is 1. The average Bonchev–Trinajstić information content (AvgIpc) is 3.02. The van der Waals surface area contributed by atoms with E-state index in [0.29, 0.717) is 33.4 Å². The van der Waals surface area contributed by atoms with Crippen LogP contribution >= 0.6 is 11.3 Å². The first-order chi connectivity index (χ1) is 13.0. The van der Waals surface area contributed by atoms with E-state index in [1.54, 1.807) is 12.1 Å². The van der Waals surface area contributed by atoms with Crippen molar-refractivity contribution in [2.45, 2.75) is 13.0 Å². The lowest BCUT2D eigenvalue weighted by Crippen LogP contribution is -2.25. The second kappa shape index (κ2) is 7.86. The predicted molar refractivity (Wildman–Crippen MR) is 103 cm³/mol. The number of hydrogen-bond acceptors (Lipinski definition) is 7. The van der Waals surface area contributed by atoms with Crippen LogP contribution in [-0.4, -0.2) is 45.7 Å². The molecule has 1 aliphatic heterocycles. The summed E-state index contributed by atoms with van der Waals surface area (Å²) in [4.78, 5) is 16.1. The van der Waals surface area contributed by atoms with Crippen LogP contribution in [0.25, 0.3) is 0 Å². The lowest BCUT2D eigenvalue weighted by atomic mass is 10.0. The minimum atomic E-state index is -0.335. The highest BCUT2D eigenvalue weighted by molar-refractivity contribution is 7.16. The summed E-state index contributed by atoms with van der Waals surface area (Å²) in [6.07, 6.45) is 0.811. The maximum Gasteiger partial charge on any atom is 0.256 e. The molecule has 2 aromatic rings. The van der Waals surface area contributed by atoms with Crippen LogP contribution in [0.15, 0.2) is 12.1 Å². The van der Waals surface area contributed by atoms with Crippen LogP contribution in [0.3, 0.4) is 0 Å². The van der Waals surface area contributed by atoms with Crippen LogP contribution in [0.1, 0.15) is 26.4 Å². The highest BCUT2D eigenvalue weighted by atomic mass is 32.1. The van der Waals surface area contributed by atoms with E-state index in [1.165, 1.54) is 32.7 Å². The lowest BCUT2D eigenvalue weighted by Gasteiger charge is -2.21. The number of anilines is 1. The molecule has 0 saturated heterocycles. The van der Waals surface area contributed by atoms with E-state index in [4.69, 9.17) is 14.2 Å². The van der Waals surface area contributed by atoms with E-state index in [2.05, 4.69) is 16.3 Å². The molecule has 2 heterocycles. The van der Waals surface area contributed by atoms with Crippen molar-refractivity contribution < 1.29 is 19.0 Å². The number of thiophene rings is 1. The first-order valence-corrected chi connectivity index (χ1v) is 9.18. The molecule has 1 aromatic heterocycles. The normalized spacial score (nSPS) is 13.4. The van der Waals surface area contributed by atoms with Crippen LogP contribution in [0.2, 0.25) is 0 Å². The molecule has 0 radical (unpaired) electrons. The second-order valence-corrected chi connectivity index (χ2v) is 7.28. The molecule has 0 unspecified atom stereocenters. The minimum Gasteiger partial charge on any atom is -0.493 e. The largest absolute Gasteiger partial charge is 0.493 e. The molecule has 1 amide bonds. The zero-order chi connectivity index (χ0) is 19.6. The minimum absolute atomic E-state index is 0.335. The first-order valence-electron chi connectivity index (χ1n) is 8.36. The van der Waals surface area contributed by atoms with Crippen molar-refractivity contribution >= 4 is 22.2 Å². The van der Waals surface area contributed by atoms with Gasteiger partial charge in [-0.2, -0.15) is 5.26 Å². The molecular formula is C19H21N3O4S. The molecule has 8 heteroatoms. The zero-order valence-electron chi connectivity index (χ0n) is 15.7. The fourth-order valence-electron chi connectivity index (χ4n) is 3.13. The Morgan fingerprint density at radius 1 is 1.22 bits per heavy atom. The third-order valence-corrected chi connectivity index (χ3v) is 5.65. The fraction of sp³-hybridized carbons (Fsp3) is 0.368. The summed E-state index contributed by atoms with van der Waals surface area (Å²) in [6, 6.07) is 5.42. The maximum atomic E-state index is 12.8. The number of carbonyl (C=O) groups excluding carboxylic acids is 1. The number of nitrogens with one attached hydrogen (secondary N) is 1. The number of carbonyl (C=O) groups is 1. The number of methoxy groups -OCH3 is 3. The van der Waals surface area contributed by atoms with Gasteiger partial charge in [-0.25, -0.2) is 0 Å². The summed E-state index contributed by atoms with van der Waals surface area (Å²) < 4.78 is 15.9. The van der Waals surface area contributed by atoms with Gasteiger partial charge in [0.2, 0.25) is 5.75 Å². The SMILES string of the molecule is COc1cc(C(=O)Nc2sc3c(c2C#N)CCN(C)C3)cc(OC)c1OC. The molecule has 0 saturated carbocycles. The zero-order valence-corrected chi connectivity index (χ0v) is 16.5. The Balaban J connectivity index is 1.94. The van der Waals surface area contributed by atoms with Crippen molar-refractivity contribution in [1.82, 2.24) is 4.90 Å². The maximum absolute atomic E-state index is 12.8. The number of hydrogen-bond donors (Lipinski definition) is 1. The summed E-state index contributed by atoms with van der Waals surface area (Å²) in [7, 11) is 6.54. The van der Waals surface area contributed by atoms with Crippen molar-refractivity contribution in [3.05, 3.63) is 33.7 Å². The Morgan fingerprint density at radius 2 is 1.89 bits per heavy atom. The van der Waals surface area contributed by atoms with Crippen molar-refractivity contribution in [1.29, 1.82) is 5.26 Å². The molecule has 3 rings (SSSR count). The third kappa shape index (κ3) is 3.56. The number of likely N-dealkylation sites (N-methyl/N-ethyl adjacent to an activating group) is 1. The number of nitrogens with zero attached hydrogens (tertiary/aromatic N) is 2. The molecule has 0 atom stereocenters. The Kier molecular flexibility index (Phi) is 5.54. The standard InChI is InChI=1S/C19H21N3O4S/c1-22-6-5-12-13(9-20)19(27-16(12)10-22)21-18(23)11-7-14(24-2)17(26-4)15(8-11)25-3/h7-8H,5-6,10H2,1-4H3,(H,21,23). The molecular weight excluding hydrogens is 366 g/mol. The third-order valence-electron chi connectivity index (χ3n) is 4.51. The van der Waals surface area contributed by atoms with Gasteiger partial charge in [-0.05, 0) is 31.2 Å². The van der Waals surface area contributed by atoms with Gasteiger partial charge in [0.05, 0.1) is 26.9 Å². The van der Waals surface area contributed by atoms with Gasteiger partial charge in [0, 0.05) is 23.5 Å². The van der Waals surface area contributed by atoms with Gasteiger partial charge in [0.1, 0.15) is 11.1 Å². The van der Waals surface area contributed by atoms with Gasteiger partial charge in [0.15, 0.2) is 11.5 Å². The monoisotopic (exact) mass is 387 g/mol. The highest BCUT2D eigenvalue weighted by Gasteiger charge is 2.25. The van der Waals surface area contributed by atoms with Crippen LogP contribution < -0.4 is 19.5 Å². The number of rotatable bonds is 5. The van der Waals surface area contributed by atoms with Crippen LogP contribution in [0, 0.1) is 11.3 Å². The van der Waals surface area contributed by atoms with Crippen molar-refractivity contribution in [2.75, 3.05) is 40.2 Å². The molecule has 0 aliphatic carbocycles. The van der Waals surface area contributed by atoms with Gasteiger partial charge in [0.25, 0.3) is 5.91 Å². The quantitative estimate of drug-likeness (QED) is 0.849. The van der Waals surface area contributed by atoms with E-state index in [9.17, 15) is 10.1 Å². The molecule has 0 spiro atoms.